The summed E-state index contributed by atoms with van der Waals surface area (Å²) in [7, 11) is 0. The smallest absolute Gasteiger partial charge is 0.271 e. The van der Waals surface area contributed by atoms with Crippen molar-refractivity contribution in [2.24, 2.45) is 0 Å². The fourth-order valence-electron chi connectivity index (χ4n) is 2.77. The molecule has 1 heterocycles. The van der Waals surface area contributed by atoms with Crippen LogP contribution in [0.5, 0.6) is 5.75 Å². The number of non-ortho nitro benzene ring substituents is 1. The van der Waals surface area contributed by atoms with Crippen LogP contribution < -0.4 is 5.32 Å². The van der Waals surface area contributed by atoms with Gasteiger partial charge in [0.2, 0.25) is 0 Å². The molecule has 1 aromatic rings. The average Bonchev–Trinajstić information content (AvgIpc) is 2.48. The zero-order chi connectivity index (χ0) is 15.4. The SMILES string of the molecule is CCC[C@H](c1cc([N+](=O)[O-])cc(Br)c1O)N1CCNCC1.Cl.Cl. The third-order valence-corrected chi connectivity index (χ3v) is 4.41. The topological polar surface area (TPSA) is 78.6 Å². The van der Waals surface area contributed by atoms with Gasteiger partial charge in [-0.2, -0.15) is 0 Å². The van der Waals surface area contributed by atoms with E-state index in [-0.39, 0.29) is 42.3 Å². The lowest BCUT2D eigenvalue weighted by atomic mass is 9.98. The van der Waals surface area contributed by atoms with Gasteiger partial charge in [-0.15, -0.1) is 24.8 Å². The number of rotatable bonds is 5. The molecule has 0 bridgehead atoms. The summed E-state index contributed by atoms with van der Waals surface area (Å²) in [5.41, 5.74) is 0.644. The van der Waals surface area contributed by atoms with Gasteiger partial charge in [0.15, 0.2) is 0 Å². The molecule has 0 aromatic heterocycles. The molecule has 1 fully saturated rings. The molecule has 1 aromatic carbocycles. The lowest BCUT2D eigenvalue weighted by Gasteiger charge is -2.35. The van der Waals surface area contributed by atoms with Crippen LogP contribution in [0, 0.1) is 10.1 Å². The normalized spacial score (nSPS) is 16.1. The highest BCUT2D eigenvalue weighted by Gasteiger charge is 2.27. The Kier molecular flexibility index (Phi) is 10.0. The number of nitro benzene ring substituents is 1. The van der Waals surface area contributed by atoms with Crippen LogP contribution in [-0.2, 0) is 0 Å². The summed E-state index contributed by atoms with van der Waals surface area (Å²) in [6, 6.07) is 2.86. The number of nitro groups is 1. The minimum Gasteiger partial charge on any atom is -0.506 e. The predicted octanol–water partition coefficient (Wildman–Crippen LogP) is 3.65. The second kappa shape index (κ2) is 10.3. The Labute approximate surface area is 156 Å². The summed E-state index contributed by atoms with van der Waals surface area (Å²) in [5, 5.41) is 24.7. The molecule has 1 aliphatic rings. The number of benzene rings is 1. The molecule has 0 spiro atoms. The van der Waals surface area contributed by atoms with Crippen molar-refractivity contribution in [3.8, 4) is 5.75 Å². The lowest BCUT2D eigenvalue weighted by Crippen LogP contribution is -2.45. The van der Waals surface area contributed by atoms with Crippen molar-refractivity contribution < 1.29 is 10.0 Å². The van der Waals surface area contributed by atoms with Crippen molar-refractivity contribution in [2.45, 2.75) is 25.8 Å². The molecule has 9 heteroatoms. The van der Waals surface area contributed by atoms with Crippen molar-refractivity contribution in [1.29, 1.82) is 0 Å². The second-order valence-corrected chi connectivity index (χ2v) is 6.07. The van der Waals surface area contributed by atoms with E-state index in [1.165, 1.54) is 12.1 Å². The third-order valence-electron chi connectivity index (χ3n) is 3.80. The Balaban J connectivity index is 0.00000242. The zero-order valence-corrected chi connectivity index (χ0v) is 16.0. The monoisotopic (exact) mass is 429 g/mol. The van der Waals surface area contributed by atoms with E-state index in [0.717, 1.165) is 39.0 Å². The number of hydrogen-bond acceptors (Lipinski definition) is 5. The first-order chi connectivity index (χ1) is 10.0. The molecule has 23 heavy (non-hydrogen) atoms. The number of piperazine rings is 1. The van der Waals surface area contributed by atoms with Gasteiger partial charge in [-0.3, -0.25) is 15.0 Å². The van der Waals surface area contributed by atoms with Crippen LogP contribution in [0.2, 0.25) is 0 Å². The van der Waals surface area contributed by atoms with Crippen LogP contribution in [0.4, 0.5) is 5.69 Å². The van der Waals surface area contributed by atoms with Gasteiger partial charge in [-0.25, -0.2) is 0 Å². The Bertz CT molecular complexity index is 528. The van der Waals surface area contributed by atoms with Crippen LogP contribution >= 0.6 is 40.7 Å². The average molecular weight is 431 g/mol. The Morgan fingerprint density at radius 1 is 1.39 bits per heavy atom. The molecule has 2 rings (SSSR count). The fraction of sp³-hybridized carbons (Fsp3) is 0.571. The molecule has 0 amide bonds. The van der Waals surface area contributed by atoms with Gasteiger partial charge in [0.25, 0.3) is 5.69 Å². The van der Waals surface area contributed by atoms with E-state index in [9.17, 15) is 15.2 Å². The molecular weight excluding hydrogens is 409 g/mol. The summed E-state index contributed by atoms with van der Waals surface area (Å²) in [6.07, 6.45) is 1.81. The van der Waals surface area contributed by atoms with Gasteiger partial charge in [-0.05, 0) is 22.4 Å². The van der Waals surface area contributed by atoms with Gasteiger partial charge >= 0.3 is 0 Å². The van der Waals surface area contributed by atoms with E-state index in [1.54, 1.807) is 0 Å². The van der Waals surface area contributed by atoms with E-state index in [2.05, 4.69) is 33.1 Å². The third kappa shape index (κ3) is 5.46. The maximum absolute atomic E-state index is 11.1. The maximum atomic E-state index is 11.1. The molecule has 2 N–H and O–H groups in total. The first-order valence-corrected chi connectivity index (χ1v) is 7.95. The number of hydrogen-bond donors (Lipinski definition) is 2. The van der Waals surface area contributed by atoms with Gasteiger partial charge in [0.1, 0.15) is 5.75 Å². The molecule has 6 nitrogen and oxygen atoms in total. The minimum absolute atomic E-state index is 0. The van der Waals surface area contributed by atoms with Crippen molar-refractivity contribution in [2.75, 3.05) is 26.2 Å². The van der Waals surface area contributed by atoms with Crippen molar-refractivity contribution in [3.63, 3.8) is 0 Å². The summed E-state index contributed by atoms with van der Waals surface area (Å²) in [4.78, 5) is 12.9. The molecular formula is C14H22BrCl2N3O3. The van der Waals surface area contributed by atoms with Crippen LogP contribution in [-0.4, -0.2) is 41.1 Å². The van der Waals surface area contributed by atoms with Gasteiger partial charge in [0, 0.05) is 49.9 Å². The van der Waals surface area contributed by atoms with Crippen molar-refractivity contribution in [3.05, 3.63) is 32.3 Å². The molecule has 0 aliphatic carbocycles. The largest absolute Gasteiger partial charge is 0.506 e. The highest BCUT2D eigenvalue weighted by molar-refractivity contribution is 9.10. The minimum atomic E-state index is -0.422. The van der Waals surface area contributed by atoms with Crippen LogP contribution in [0.15, 0.2) is 16.6 Å². The van der Waals surface area contributed by atoms with Gasteiger partial charge < -0.3 is 10.4 Å². The molecule has 0 radical (unpaired) electrons. The fourth-order valence-corrected chi connectivity index (χ4v) is 3.23. The van der Waals surface area contributed by atoms with Crippen LogP contribution in [0.1, 0.15) is 31.4 Å². The molecule has 1 atom stereocenters. The first-order valence-electron chi connectivity index (χ1n) is 7.16. The van der Waals surface area contributed by atoms with E-state index in [4.69, 9.17) is 0 Å². The standard InChI is InChI=1S/C14H20BrN3O3.2ClH/c1-2-3-13(17-6-4-16-5-7-17)11-8-10(18(20)21)9-12(15)14(11)19;;/h8-9,13,16,19H,2-7H2,1H3;2*1H/t13-;;/m1../s1. The highest BCUT2D eigenvalue weighted by atomic mass is 79.9. The van der Waals surface area contributed by atoms with E-state index >= 15 is 0 Å². The molecule has 1 aliphatic heterocycles. The number of phenolic OH excluding ortho intramolecular Hbond substituents is 1. The summed E-state index contributed by atoms with van der Waals surface area (Å²) in [6.45, 7) is 5.64. The maximum Gasteiger partial charge on any atom is 0.271 e. The van der Waals surface area contributed by atoms with Crippen molar-refractivity contribution in [1.82, 2.24) is 10.2 Å². The van der Waals surface area contributed by atoms with E-state index in [1.807, 2.05) is 0 Å². The number of phenols is 1. The Hall–Kier alpha value is -0.600. The number of nitrogens with one attached hydrogen (secondary N) is 1. The quantitative estimate of drug-likeness (QED) is 0.550. The summed E-state index contributed by atoms with van der Waals surface area (Å²) in [5.74, 6) is 0.109. The Morgan fingerprint density at radius 2 is 2.00 bits per heavy atom. The second-order valence-electron chi connectivity index (χ2n) is 5.21. The molecule has 0 unspecified atom stereocenters. The molecule has 132 valence electrons. The number of aromatic hydroxyl groups is 1. The summed E-state index contributed by atoms with van der Waals surface area (Å²) < 4.78 is 0.378. The highest BCUT2D eigenvalue weighted by Crippen LogP contribution is 2.39. The van der Waals surface area contributed by atoms with Crippen molar-refractivity contribution >= 4 is 46.4 Å². The van der Waals surface area contributed by atoms with Crippen LogP contribution in [0.25, 0.3) is 0 Å². The number of halogens is 3. The lowest BCUT2D eigenvalue weighted by molar-refractivity contribution is -0.385. The predicted molar refractivity (Wildman–Crippen MR) is 99.0 cm³/mol. The van der Waals surface area contributed by atoms with Gasteiger partial charge in [-0.1, -0.05) is 13.3 Å². The zero-order valence-electron chi connectivity index (χ0n) is 12.8. The number of nitrogens with zero attached hydrogens (tertiary/aromatic N) is 2. The van der Waals surface area contributed by atoms with E-state index < -0.39 is 4.92 Å². The molecule has 1 saturated heterocycles. The Morgan fingerprint density at radius 3 is 2.52 bits per heavy atom. The van der Waals surface area contributed by atoms with E-state index in [0.29, 0.717) is 10.0 Å². The van der Waals surface area contributed by atoms with Gasteiger partial charge in [0.05, 0.1) is 9.40 Å². The first kappa shape index (κ1) is 22.4. The summed E-state index contributed by atoms with van der Waals surface area (Å²) >= 11 is 3.22. The molecule has 0 saturated carbocycles. The van der Waals surface area contributed by atoms with Crippen LogP contribution in [0.3, 0.4) is 0 Å².